The predicted octanol–water partition coefficient (Wildman–Crippen LogP) is 3.10. The van der Waals surface area contributed by atoms with Gasteiger partial charge in [0, 0.05) is 18.4 Å². The highest BCUT2D eigenvalue weighted by molar-refractivity contribution is 5.89. The van der Waals surface area contributed by atoms with Crippen LogP contribution < -0.4 is 0 Å². The Labute approximate surface area is 108 Å². The number of Topliss-reactive ketones (excluding diaryl/α,β-unsaturated/α-hetero) is 1. The lowest BCUT2D eigenvalue weighted by Crippen LogP contribution is -2.29. The summed E-state index contributed by atoms with van der Waals surface area (Å²) in [4.78, 5) is 12.7. The van der Waals surface area contributed by atoms with Gasteiger partial charge in [0.05, 0.1) is 6.10 Å². The van der Waals surface area contributed by atoms with Crippen molar-refractivity contribution >= 4 is 5.78 Å². The molecule has 3 rings (SSSR count). The molecule has 1 fully saturated rings. The summed E-state index contributed by atoms with van der Waals surface area (Å²) in [5.74, 6) is 0.636. The van der Waals surface area contributed by atoms with E-state index in [9.17, 15) is 4.79 Å². The SMILES string of the molecule is CC1OCCC1C(=O)C1CCCc2ccccc21. The topological polar surface area (TPSA) is 26.3 Å². The van der Waals surface area contributed by atoms with Gasteiger partial charge in [-0.1, -0.05) is 24.3 Å². The number of hydrogen-bond acceptors (Lipinski definition) is 2. The number of hydrogen-bond donors (Lipinski definition) is 0. The minimum absolute atomic E-state index is 0.103. The fourth-order valence-electron chi connectivity index (χ4n) is 3.41. The zero-order valence-electron chi connectivity index (χ0n) is 10.9. The lowest BCUT2D eigenvalue weighted by molar-refractivity contribution is -0.126. The van der Waals surface area contributed by atoms with Crippen molar-refractivity contribution < 1.29 is 9.53 Å². The lowest BCUT2D eigenvalue weighted by Gasteiger charge is -2.27. The molecular formula is C16H20O2. The maximum atomic E-state index is 12.7. The van der Waals surface area contributed by atoms with Gasteiger partial charge in [-0.3, -0.25) is 4.79 Å². The molecule has 0 aromatic heterocycles. The summed E-state index contributed by atoms with van der Waals surface area (Å²) in [7, 11) is 0. The molecule has 2 nitrogen and oxygen atoms in total. The first kappa shape index (κ1) is 11.9. The maximum absolute atomic E-state index is 12.7. The Morgan fingerprint density at radius 2 is 2.11 bits per heavy atom. The van der Waals surface area contributed by atoms with E-state index in [-0.39, 0.29) is 17.9 Å². The number of ether oxygens (including phenoxy) is 1. The first-order chi connectivity index (χ1) is 8.77. The van der Waals surface area contributed by atoms with E-state index in [4.69, 9.17) is 4.74 Å². The van der Waals surface area contributed by atoms with Crippen molar-refractivity contribution in [2.75, 3.05) is 6.61 Å². The quantitative estimate of drug-likeness (QED) is 0.799. The molecule has 0 N–H and O–H groups in total. The zero-order valence-corrected chi connectivity index (χ0v) is 10.9. The van der Waals surface area contributed by atoms with Gasteiger partial charge in [0.15, 0.2) is 0 Å². The molecule has 1 aliphatic heterocycles. The molecule has 1 saturated heterocycles. The molecule has 0 saturated carbocycles. The molecule has 0 bridgehead atoms. The van der Waals surface area contributed by atoms with Gasteiger partial charge in [-0.05, 0) is 43.7 Å². The summed E-state index contributed by atoms with van der Waals surface area (Å²) >= 11 is 0. The van der Waals surface area contributed by atoms with Crippen LogP contribution in [0.15, 0.2) is 24.3 Å². The Hall–Kier alpha value is -1.15. The molecule has 2 aliphatic rings. The van der Waals surface area contributed by atoms with Gasteiger partial charge in [-0.25, -0.2) is 0 Å². The van der Waals surface area contributed by atoms with E-state index in [1.54, 1.807) is 0 Å². The van der Waals surface area contributed by atoms with Crippen LogP contribution in [0, 0.1) is 5.92 Å². The minimum Gasteiger partial charge on any atom is -0.378 e. The molecule has 96 valence electrons. The molecule has 1 aliphatic carbocycles. The normalized spacial score (nSPS) is 31.1. The van der Waals surface area contributed by atoms with Crippen molar-refractivity contribution in [1.82, 2.24) is 0 Å². The van der Waals surface area contributed by atoms with Crippen LogP contribution in [0.1, 0.15) is 43.2 Å². The molecule has 3 atom stereocenters. The number of carbonyl (C=O) groups is 1. The van der Waals surface area contributed by atoms with E-state index in [1.807, 2.05) is 6.92 Å². The molecule has 18 heavy (non-hydrogen) atoms. The average Bonchev–Trinajstić information content (AvgIpc) is 2.83. The van der Waals surface area contributed by atoms with Crippen molar-refractivity contribution in [3.63, 3.8) is 0 Å². The summed E-state index contributed by atoms with van der Waals surface area (Å²) in [6.45, 7) is 2.77. The fraction of sp³-hybridized carbons (Fsp3) is 0.562. The van der Waals surface area contributed by atoms with Crippen LogP contribution >= 0.6 is 0 Å². The number of aryl methyl sites for hydroxylation is 1. The summed E-state index contributed by atoms with van der Waals surface area (Å²) in [6, 6.07) is 8.44. The standard InChI is InChI=1S/C16H20O2/c1-11-13(9-10-18-11)16(17)15-8-4-6-12-5-2-3-7-14(12)15/h2-3,5,7,11,13,15H,4,6,8-10H2,1H3. The van der Waals surface area contributed by atoms with Gasteiger partial charge in [-0.15, -0.1) is 0 Å². The Balaban J connectivity index is 1.87. The second-order valence-corrected chi connectivity index (χ2v) is 5.52. The van der Waals surface area contributed by atoms with Crippen molar-refractivity contribution in [1.29, 1.82) is 0 Å². The van der Waals surface area contributed by atoms with Crippen LogP contribution in [0.25, 0.3) is 0 Å². The van der Waals surface area contributed by atoms with Crippen LogP contribution in [-0.4, -0.2) is 18.5 Å². The highest BCUT2D eigenvalue weighted by atomic mass is 16.5. The first-order valence-corrected chi connectivity index (χ1v) is 7.00. The van der Waals surface area contributed by atoms with Gasteiger partial charge in [-0.2, -0.15) is 0 Å². The van der Waals surface area contributed by atoms with Crippen molar-refractivity contribution in [3.8, 4) is 0 Å². The molecule has 0 amide bonds. The summed E-state index contributed by atoms with van der Waals surface area (Å²) < 4.78 is 5.54. The van der Waals surface area contributed by atoms with Gasteiger partial charge in [0.2, 0.25) is 0 Å². The van der Waals surface area contributed by atoms with Crippen LogP contribution in [0.4, 0.5) is 0 Å². The fourth-order valence-corrected chi connectivity index (χ4v) is 3.41. The third-order valence-corrected chi connectivity index (χ3v) is 4.45. The Kier molecular flexibility index (Phi) is 3.21. The zero-order chi connectivity index (χ0) is 12.5. The van der Waals surface area contributed by atoms with E-state index in [0.29, 0.717) is 5.78 Å². The highest BCUT2D eigenvalue weighted by Gasteiger charge is 2.36. The second-order valence-electron chi connectivity index (χ2n) is 5.52. The highest BCUT2D eigenvalue weighted by Crippen LogP contribution is 2.36. The Morgan fingerprint density at radius 3 is 2.89 bits per heavy atom. The molecule has 1 aromatic rings. The van der Waals surface area contributed by atoms with E-state index in [2.05, 4.69) is 24.3 Å². The average molecular weight is 244 g/mol. The lowest BCUT2D eigenvalue weighted by atomic mass is 9.76. The van der Waals surface area contributed by atoms with E-state index in [1.165, 1.54) is 11.1 Å². The largest absolute Gasteiger partial charge is 0.378 e. The van der Waals surface area contributed by atoms with Crippen molar-refractivity contribution in [2.45, 2.75) is 44.6 Å². The molecule has 2 heteroatoms. The van der Waals surface area contributed by atoms with Gasteiger partial charge >= 0.3 is 0 Å². The van der Waals surface area contributed by atoms with Gasteiger partial charge < -0.3 is 4.74 Å². The number of ketones is 1. The van der Waals surface area contributed by atoms with Crippen molar-refractivity contribution in [2.24, 2.45) is 5.92 Å². The van der Waals surface area contributed by atoms with E-state index >= 15 is 0 Å². The maximum Gasteiger partial charge on any atom is 0.146 e. The Bertz CT molecular complexity index is 452. The molecular weight excluding hydrogens is 224 g/mol. The molecule has 1 aromatic carbocycles. The predicted molar refractivity (Wildman–Crippen MR) is 70.6 cm³/mol. The minimum atomic E-state index is 0.103. The summed E-state index contributed by atoms with van der Waals surface area (Å²) in [5.41, 5.74) is 2.64. The van der Waals surface area contributed by atoms with Crippen LogP contribution in [-0.2, 0) is 16.0 Å². The molecule has 1 heterocycles. The van der Waals surface area contributed by atoms with E-state index < -0.39 is 0 Å². The Morgan fingerprint density at radius 1 is 1.28 bits per heavy atom. The molecule has 0 radical (unpaired) electrons. The third kappa shape index (κ3) is 1.99. The third-order valence-electron chi connectivity index (χ3n) is 4.45. The second kappa shape index (κ2) is 4.85. The van der Waals surface area contributed by atoms with Crippen LogP contribution in [0.3, 0.4) is 0 Å². The number of benzene rings is 1. The van der Waals surface area contributed by atoms with Crippen LogP contribution in [0.2, 0.25) is 0 Å². The van der Waals surface area contributed by atoms with Crippen molar-refractivity contribution in [3.05, 3.63) is 35.4 Å². The summed E-state index contributed by atoms with van der Waals surface area (Å²) in [5, 5.41) is 0. The molecule has 3 unspecified atom stereocenters. The van der Waals surface area contributed by atoms with Gasteiger partial charge in [0.1, 0.15) is 5.78 Å². The number of fused-ring (bicyclic) bond motifs is 1. The number of carbonyl (C=O) groups excluding carboxylic acids is 1. The smallest absolute Gasteiger partial charge is 0.146 e. The van der Waals surface area contributed by atoms with Crippen LogP contribution in [0.5, 0.6) is 0 Å². The monoisotopic (exact) mass is 244 g/mol. The first-order valence-electron chi connectivity index (χ1n) is 7.00. The van der Waals surface area contributed by atoms with Gasteiger partial charge in [0.25, 0.3) is 0 Å². The summed E-state index contributed by atoms with van der Waals surface area (Å²) in [6.07, 6.45) is 4.27. The molecule has 0 spiro atoms. The van der Waals surface area contributed by atoms with E-state index in [0.717, 1.165) is 32.3 Å². The number of rotatable bonds is 2.